The van der Waals surface area contributed by atoms with Gasteiger partial charge in [-0.25, -0.2) is 17.8 Å². The van der Waals surface area contributed by atoms with Crippen molar-refractivity contribution >= 4 is 37.6 Å². The molecule has 0 saturated carbocycles. The maximum Gasteiger partial charge on any atom is 0.260 e. The molecule has 9 heteroatoms. The van der Waals surface area contributed by atoms with Crippen LogP contribution in [0.15, 0.2) is 9.63 Å². The number of nitrogens with one attached hydrogen (secondary N) is 1. The predicted molar refractivity (Wildman–Crippen MR) is 63.8 cm³/mol. The third-order valence-electron chi connectivity index (χ3n) is 1.83. The van der Waals surface area contributed by atoms with Gasteiger partial charge in [-0.3, -0.25) is 0 Å². The second kappa shape index (κ2) is 5.44. The molecule has 0 saturated heterocycles. The maximum atomic E-state index is 11.8. The Labute approximate surface area is 108 Å². The van der Waals surface area contributed by atoms with Crippen LogP contribution in [0.2, 0.25) is 0 Å². The summed E-state index contributed by atoms with van der Waals surface area (Å²) < 4.78 is 27.5. The van der Waals surface area contributed by atoms with E-state index in [-0.39, 0.29) is 21.6 Å². The first-order chi connectivity index (χ1) is 7.34. The largest absolute Gasteiger partial charge is 0.260 e. The first kappa shape index (κ1) is 13.9. The summed E-state index contributed by atoms with van der Waals surface area (Å²) in [7, 11) is -2.08. The van der Waals surface area contributed by atoms with Gasteiger partial charge in [0.15, 0.2) is 4.60 Å². The molecule has 0 aliphatic heterocycles. The van der Waals surface area contributed by atoms with Crippen LogP contribution in [0.5, 0.6) is 0 Å². The van der Waals surface area contributed by atoms with E-state index in [9.17, 15) is 8.42 Å². The van der Waals surface area contributed by atoms with Gasteiger partial charge in [0.2, 0.25) is 5.03 Å². The van der Waals surface area contributed by atoms with Gasteiger partial charge in [-0.1, -0.05) is 5.21 Å². The Hall–Kier alpha value is -0.180. The van der Waals surface area contributed by atoms with Crippen molar-refractivity contribution in [3.05, 3.63) is 4.60 Å². The third kappa shape index (κ3) is 3.41. The first-order valence-electron chi connectivity index (χ1n) is 4.53. The molecule has 1 heterocycles. The van der Waals surface area contributed by atoms with Crippen LogP contribution in [0, 0.1) is 0 Å². The van der Waals surface area contributed by atoms with Crippen LogP contribution in [-0.2, 0) is 17.1 Å². The lowest BCUT2D eigenvalue weighted by Gasteiger charge is -2.07. The second-order valence-corrected chi connectivity index (χ2v) is 6.45. The van der Waals surface area contributed by atoms with Crippen molar-refractivity contribution in [3.8, 4) is 0 Å². The molecule has 0 aromatic carbocycles. The molecule has 16 heavy (non-hydrogen) atoms. The van der Waals surface area contributed by atoms with Crippen LogP contribution in [0.25, 0.3) is 0 Å². The Balaban J connectivity index is 2.79. The van der Waals surface area contributed by atoms with Crippen molar-refractivity contribution in [2.45, 2.75) is 23.7 Å². The van der Waals surface area contributed by atoms with E-state index in [1.165, 1.54) is 11.7 Å². The highest BCUT2D eigenvalue weighted by atomic mass is 79.9. The molecule has 0 aliphatic rings. The highest BCUT2D eigenvalue weighted by Crippen LogP contribution is 2.17. The Bertz CT molecular complexity index is 439. The third-order valence-corrected chi connectivity index (χ3v) is 4.39. The lowest BCUT2D eigenvalue weighted by atomic mass is 10.3. The van der Waals surface area contributed by atoms with E-state index in [1.807, 2.05) is 0 Å². The molecular weight excluding hydrogens is 320 g/mol. The maximum absolute atomic E-state index is 11.8. The predicted octanol–water partition coefficient (Wildman–Crippen LogP) is 0.873. The van der Waals surface area contributed by atoms with Crippen LogP contribution in [0.1, 0.15) is 13.3 Å². The molecule has 1 N–H and O–H groups in total. The van der Waals surface area contributed by atoms with Crippen molar-refractivity contribution in [2.75, 3.05) is 6.54 Å². The number of aryl methyl sites for hydroxylation is 1. The van der Waals surface area contributed by atoms with Gasteiger partial charge in [0.25, 0.3) is 10.0 Å². The van der Waals surface area contributed by atoms with Crippen molar-refractivity contribution < 1.29 is 8.42 Å². The number of alkyl halides is 1. The van der Waals surface area contributed by atoms with Crippen molar-refractivity contribution in [3.63, 3.8) is 0 Å². The van der Waals surface area contributed by atoms with Crippen molar-refractivity contribution in [1.82, 2.24) is 19.7 Å². The minimum absolute atomic E-state index is 0.00901. The number of nitrogens with zero attached hydrogens (tertiary/aromatic N) is 3. The summed E-state index contributed by atoms with van der Waals surface area (Å²) in [6, 6.07) is 0. The zero-order chi connectivity index (χ0) is 12.3. The molecule has 1 rings (SSSR count). The molecular formula is C7H12BrClN4O2S. The summed E-state index contributed by atoms with van der Waals surface area (Å²) in [4.78, 5) is 0. The zero-order valence-electron chi connectivity index (χ0n) is 8.81. The Kier molecular flexibility index (Phi) is 4.72. The topological polar surface area (TPSA) is 76.9 Å². The van der Waals surface area contributed by atoms with E-state index in [0.717, 1.165) is 0 Å². The number of aromatic nitrogens is 3. The number of sulfonamides is 1. The number of hydrogen-bond donors (Lipinski definition) is 1. The zero-order valence-corrected chi connectivity index (χ0v) is 12.0. The van der Waals surface area contributed by atoms with E-state index in [4.69, 9.17) is 11.6 Å². The fourth-order valence-electron chi connectivity index (χ4n) is 1.07. The van der Waals surface area contributed by atoms with Gasteiger partial charge >= 0.3 is 0 Å². The second-order valence-electron chi connectivity index (χ2n) is 3.28. The summed E-state index contributed by atoms with van der Waals surface area (Å²) in [5.74, 6) is 0. The molecule has 6 nitrogen and oxygen atoms in total. The van der Waals surface area contributed by atoms with E-state index < -0.39 is 10.0 Å². The average molecular weight is 332 g/mol. The van der Waals surface area contributed by atoms with Crippen molar-refractivity contribution in [2.24, 2.45) is 7.05 Å². The molecule has 1 aromatic heterocycles. The highest BCUT2D eigenvalue weighted by molar-refractivity contribution is 9.10. The molecule has 0 amide bonds. The van der Waals surface area contributed by atoms with Gasteiger partial charge < -0.3 is 0 Å². The molecule has 1 unspecified atom stereocenters. The monoisotopic (exact) mass is 330 g/mol. The summed E-state index contributed by atoms with van der Waals surface area (Å²) in [5.41, 5.74) is 0. The van der Waals surface area contributed by atoms with Gasteiger partial charge in [0, 0.05) is 19.0 Å². The number of halogens is 2. The molecule has 92 valence electrons. The molecule has 0 radical (unpaired) electrons. The van der Waals surface area contributed by atoms with Gasteiger partial charge in [-0.15, -0.1) is 16.7 Å². The Morgan fingerprint density at radius 2 is 2.25 bits per heavy atom. The summed E-state index contributed by atoms with van der Waals surface area (Å²) in [5, 5.41) is 7.15. The Morgan fingerprint density at radius 1 is 1.62 bits per heavy atom. The van der Waals surface area contributed by atoms with Crippen LogP contribution < -0.4 is 4.72 Å². The SMILES string of the molecule is CC(Cl)CCNS(=O)(=O)c1c(Br)nnn1C. The fourth-order valence-corrected chi connectivity index (χ4v) is 3.31. The lowest BCUT2D eigenvalue weighted by molar-refractivity contribution is 0.558. The number of hydrogen-bond acceptors (Lipinski definition) is 4. The normalized spacial score (nSPS) is 14.0. The van der Waals surface area contributed by atoms with Gasteiger partial charge in [0.05, 0.1) is 0 Å². The van der Waals surface area contributed by atoms with Crippen LogP contribution in [0.4, 0.5) is 0 Å². The van der Waals surface area contributed by atoms with E-state index >= 15 is 0 Å². The summed E-state index contributed by atoms with van der Waals surface area (Å²) >= 11 is 8.75. The minimum Gasteiger partial charge on any atom is -0.235 e. The lowest BCUT2D eigenvalue weighted by Crippen LogP contribution is -2.28. The van der Waals surface area contributed by atoms with Crippen LogP contribution in [-0.4, -0.2) is 35.3 Å². The molecule has 0 fully saturated rings. The quantitative estimate of drug-likeness (QED) is 0.812. The molecule has 1 atom stereocenters. The highest BCUT2D eigenvalue weighted by Gasteiger charge is 2.23. The van der Waals surface area contributed by atoms with E-state index in [0.29, 0.717) is 6.42 Å². The Morgan fingerprint density at radius 3 is 2.69 bits per heavy atom. The standard InChI is InChI=1S/C7H12BrClN4O2S/c1-5(9)3-4-10-16(14,15)7-6(8)11-12-13(7)2/h5,10H,3-4H2,1-2H3. The van der Waals surface area contributed by atoms with Gasteiger partial charge in [0.1, 0.15) is 0 Å². The van der Waals surface area contributed by atoms with Gasteiger partial charge in [-0.05, 0) is 29.3 Å². The van der Waals surface area contributed by atoms with Crippen molar-refractivity contribution in [1.29, 1.82) is 0 Å². The van der Waals surface area contributed by atoms with Gasteiger partial charge in [-0.2, -0.15) is 0 Å². The van der Waals surface area contributed by atoms with Crippen LogP contribution in [0.3, 0.4) is 0 Å². The minimum atomic E-state index is -3.59. The molecule has 0 bridgehead atoms. The molecule has 1 aromatic rings. The average Bonchev–Trinajstić information content (AvgIpc) is 2.45. The van der Waals surface area contributed by atoms with E-state index in [1.54, 1.807) is 6.92 Å². The molecule has 0 aliphatic carbocycles. The fraction of sp³-hybridized carbons (Fsp3) is 0.714. The first-order valence-corrected chi connectivity index (χ1v) is 7.24. The van der Waals surface area contributed by atoms with E-state index in [2.05, 4.69) is 31.0 Å². The molecule has 0 spiro atoms. The van der Waals surface area contributed by atoms with Crippen LogP contribution >= 0.6 is 27.5 Å². The smallest absolute Gasteiger partial charge is 0.235 e. The number of rotatable bonds is 5. The summed E-state index contributed by atoms with van der Waals surface area (Å²) in [6.07, 6.45) is 0.559. The summed E-state index contributed by atoms with van der Waals surface area (Å²) in [6.45, 7) is 2.09.